The fourth-order valence-electron chi connectivity index (χ4n) is 1.69. The normalized spacial score (nSPS) is 11.9. The molecule has 0 radical (unpaired) electrons. The molecule has 6 heteroatoms. The van der Waals surface area contributed by atoms with Crippen molar-refractivity contribution in [1.29, 1.82) is 0 Å². The third kappa shape index (κ3) is 5.19. The Bertz CT molecular complexity index is 461. The third-order valence-electron chi connectivity index (χ3n) is 2.82. The van der Waals surface area contributed by atoms with Gasteiger partial charge < -0.3 is 14.7 Å². The van der Waals surface area contributed by atoms with Gasteiger partial charge in [0.05, 0.1) is 5.92 Å². The highest BCUT2D eigenvalue weighted by Gasteiger charge is 2.20. The Morgan fingerprint density at radius 2 is 1.95 bits per heavy atom. The van der Waals surface area contributed by atoms with E-state index < -0.39 is 11.9 Å². The molecule has 110 valence electrons. The predicted molar refractivity (Wildman–Crippen MR) is 75.5 cm³/mol. The van der Waals surface area contributed by atoms with Crippen molar-refractivity contribution in [2.24, 2.45) is 5.92 Å². The molecule has 1 amide bonds. The Hall–Kier alpha value is -1.59. The number of carbonyl (C=O) groups is 2. The molecular weight excluding hydrogens is 282 g/mol. The summed E-state index contributed by atoms with van der Waals surface area (Å²) in [7, 11) is 1.43. The third-order valence-corrected chi connectivity index (χ3v) is 3.08. The largest absolute Gasteiger partial charge is 0.481 e. The molecule has 0 saturated heterocycles. The van der Waals surface area contributed by atoms with Crippen molar-refractivity contribution in [2.75, 3.05) is 20.3 Å². The first-order valence-electron chi connectivity index (χ1n) is 6.18. The molecule has 0 aliphatic rings. The van der Waals surface area contributed by atoms with Crippen molar-refractivity contribution in [1.82, 2.24) is 4.90 Å². The summed E-state index contributed by atoms with van der Waals surface area (Å²) in [6, 6.07) is 7.08. The van der Waals surface area contributed by atoms with Crippen LogP contribution in [0.4, 0.5) is 0 Å². The minimum absolute atomic E-state index is 0.0695. The molecule has 0 spiro atoms. The van der Waals surface area contributed by atoms with Crippen LogP contribution in [0.2, 0.25) is 5.02 Å². The van der Waals surface area contributed by atoms with E-state index in [4.69, 9.17) is 21.4 Å². The van der Waals surface area contributed by atoms with Gasteiger partial charge in [-0.1, -0.05) is 30.7 Å². The number of rotatable bonds is 7. The zero-order valence-electron chi connectivity index (χ0n) is 11.5. The second-order valence-corrected chi connectivity index (χ2v) is 5.01. The van der Waals surface area contributed by atoms with Gasteiger partial charge >= 0.3 is 5.97 Å². The SMILES string of the molecule is COCC(=O)N(Cc1ccc(Cl)cc1)CC(C)C(=O)O. The maximum Gasteiger partial charge on any atom is 0.308 e. The van der Waals surface area contributed by atoms with Gasteiger partial charge in [0, 0.05) is 25.2 Å². The number of aliphatic carboxylic acids is 1. The second-order valence-electron chi connectivity index (χ2n) is 4.57. The molecule has 1 aromatic rings. The van der Waals surface area contributed by atoms with Gasteiger partial charge in [0.1, 0.15) is 6.61 Å². The van der Waals surface area contributed by atoms with Crippen LogP contribution in [-0.4, -0.2) is 42.1 Å². The van der Waals surface area contributed by atoms with E-state index in [2.05, 4.69) is 0 Å². The molecular formula is C14H18ClNO4. The lowest BCUT2D eigenvalue weighted by molar-refractivity contribution is -0.144. The molecule has 1 unspecified atom stereocenters. The summed E-state index contributed by atoms with van der Waals surface area (Å²) in [5.74, 6) is -1.81. The predicted octanol–water partition coefficient (Wildman–Crippen LogP) is 2.04. The van der Waals surface area contributed by atoms with Crippen molar-refractivity contribution < 1.29 is 19.4 Å². The number of halogens is 1. The molecule has 0 aliphatic heterocycles. The smallest absolute Gasteiger partial charge is 0.308 e. The number of hydrogen-bond acceptors (Lipinski definition) is 3. The Balaban J connectivity index is 2.78. The van der Waals surface area contributed by atoms with Crippen LogP contribution in [0, 0.1) is 5.92 Å². The number of carboxylic acid groups (broad SMARTS) is 1. The number of amides is 1. The van der Waals surface area contributed by atoms with Crippen LogP contribution in [0.3, 0.4) is 0 Å². The molecule has 1 N–H and O–H groups in total. The molecule has 1 rings (SSSR count). The lowest BCUT2D eigenvalue weighted by atomic mass is 10.1. The minimum atomic E-state index is -0.934. The van der Waals surface area contributed by atoms with Crippen molar-refractivity contribution in [3.63, 3.8) is 0 Å². The fourth-order valence-corrected chi connectivity index (χ4v) is 1.81. The number of benzene rings is 1. The van der Waals surface area contributed by atoms with Crippen molar-refractivity contribution in [3.05, 3.63) is 34.9 Å². The van der Waals surface area contributed by atoms with Crippen LogP contribution in [0.25, 0.3) is 0 Å². The van der Waals surface area contributed by atoms with Crippen LogP contribution in [0.1, 0.15) is 12.5 Å². The lowest BCUT2D eigenvalue weighted by Crippen LogP contribution is -2.38. The van der Waals surface area contributed by atoms with Crippen LogP contribution in [-0.2, 0) is 20.9 Å². The second kappa shape index (κ2) is 7.87. The van der Waals surface area contributed by atoms with E-state index in [9.17, 15) is 9.59 Å². The summed E-state index contributed by atoms with van der Waals surface area (Å²) in [6.07, 6.45) is 0. The van der Waals surface area contributed by atoms with Gasteiger partial charge in [-0.3, -0.25) is 9.59 Å². The van der Waals surface area contributed by atoms with Crippen molar-refractivity contribution >= 4 is 23.5 Å². The molecule has 1 aromatic carbocycles. The summed E-state index contributed by atoms with van der Waals surface area (Å²) < 4.78 is 4.82. The van der Waals surface area contributed by atoms with Crippen LogP contribution in [0.15, 0.2) is 24.3 Å². The summed E-state index contributed by atoms with van der Waals surface area (Å²) in [5.41, 5.74) is 0.886. The van der Waals surface area contributed by atoms with Crippen LogP contribution < -0.4 is 0 Å². The topological polar surface area (TPSA) is 66.8 Å². The van der Waals surface area contributed by atoms with E-state index in [0.29, 0.717) is 11.6 Å². The maximum atomic E-state index is 12.0. The summed E-state index contributed by atoms with van der Waals surface area (Å²) >= 11 is 5.81. The fraction of sp³-hybridized carbons (Fsp3) is 0.429. The van der Waals surface area contributed by atoms with Gasteiger partial charge in [-0.05, 0) is 17.7 Å². The Labute approximate surface area is 123 Å². The number of ether oxygens (including phenoxy) is 1. The molecule has 0 aromatic heterocycles. The standard InChI is InChI=1S/C14H18ClNO4/c1-10(14(18)19)7-16(13(17)9-20-2)8-11-3-5-12(15)6-4-11/h3-6,10H,7-9H2,1-2H3,(H,18,19). The summed E-state index contributed by atoms with van der Waals surface area (Å²) in [4.78, 5) is 24.4. The first-order chi connectivity index (χ1) is 9.43. The zero-order chi connectivity index (χ0) is 15.1. The molecule has 0 fully saturated rings. The van der Waals surface area contributed by atoms with Gasteiger partial charge in [-0.25, -0.2) is 0 Å². The molecule has 0 aliphatic carbocycles. The number of nitrogens with zero attached hydrogens (tertiary/aromatic N) is 1. The summed E-state index contributed by atoms with van der Waals surface area (Å²) in [6.45, 7) is 1.97. The van der Waals surface area contributed by atoms with Crippen molar-refractivity contribution in [2.45, 2.75) is 13.5 Å². The highest BCUT2D eigenvalue weighted by Crippen LogP contribution is 2.13. The molecule has 20 heavy (non-hydrogen) atoms. The van der Waals surface area contributed by atoms with Gasteiger partial charge in [-0.2, -0.15) is 0 Å². The zero-order valence-corrected chi connectivity index (χ0v) is 12.3. The van der Waals surface area contributed by atoms with E-state index >= 15 is 0 Å². The highest BCUT2D eigenvalue weighted by atomic mass is 35.5. The molecule has 5 nitrogen and oxygen atoms in total. The van der Waals surface area contributed by atoms with Crippen LogP contribution >= 0.6 is 11.6 Å². The average Bonchev–Trinajstić information content (AvgIpc) is 2.40. The Morgan fingerprint density at radius 3 is 2.45 bits per heavy atom. The van der Waals surface area contributed by atoms with Gasteiger partial charge in [-0.15, -0.1) is 0 Å². The average molecular weight is 300 g/mol. The van der Waals surface area contributed by atoms with E-state index in [0.717, 1.165) is 5.56 Å². The highest BCUT2D eigenvalue weighted by molar-refractivity contribution is 6.30. The Morgan fingerprint density at radius 1 is 1.35 bits per heavy atom. The van der Waals surface area contributed by atoms with E-state index in [1.165, 1.54) is 12.0 Å². The van der Waals surface area contributed by atoms with E-state index in [-0.39, 0.29) is 19.1 Å². The lowest BCUT2D eigenvalue weighted by Gasteiger charge is -2.24. The van der Waals surface area contributed by atoms with Gasteiger partial charge in [0.15, 0.2) is 0 Å². The molecule has 1 atom stereocenters. The number of carboxylic acids is 1. The molecule has 0 bridgehead atoms. The summed E-state index contributed by atoms with van der Waals surface area (Å²) in [5, 5.41) is 9.57. The molecule has 0 heterocycles. The van der Waals surface area contributed by atoms with Gasteiger partial charge in [0.2, 0.25) is 5.91 Å². The van der Waals surface area contributed by atoms with E-state index in [1.807, 2.05) is 0 Å². The molecule has 0 saturated carbocycles. The van der Waals surface area contributed by atoms with Crippen molar-refractivity contribution in [3.8, 4) is 0 Å². The minimum Gasteiger partial charge on any atom is -0.481 e. The van der Waals surface area contributed by atoms with Gasteiger partial charge in [0.25, 0.3) is 0 Å². The van der Waals surface area contributed by atoms with Crippen LogP contribution in [0.5, 0.6) is 0 Å². The first-order valence-corrected chi connectivity index (χ1v) is 6.55. The first kappa shape index (κ1) is 16.5. The quantitative estimate of drug-likeness (QED) is 0.836. The number of carbonyl (C=O) groups excluding carboxylic acids is 1. The van der Waals surface area contributed by atoms with E-state index in [1.54, 1.807) is 31.2 Å². The number of methoxy groups -OCH3 is 1. The number of hydrogen-bond donors (Lipinski definition) is 1. The maximum absolute atomic E-state index is 12.0. The Kier molecular flexibility index (Phi) is 6.48. The monoisotopic (exact) mass is 299 g/mol.